The van der Waals surface area contributed by atoms with Crippen molar-refractivity contribution in [1.82, 2.24) is 0 Å². The van der Waals surface area contributed by atoms with Gasteiger partial charge < -0.3 is 11.1 Å². The lowest BCUT2D eigenvalue weighted by molar-refractivity contribution is -0.111. The van der Waals surface area contributed by atoms with E-state index in [1.54, 1.807) is 6.07 Å². The molecule has 30 heavy (non-hydrogen) atoms. The summed E-state index contributed by atoms with van der Waals surface area (Å²) in [6, 6.07) is 4.32. The highest BCUT2D eigenvalue weighted by molar-refractivity contribution is 7.17. The van der Waals surface area contributed by atoms with Gasteiger partial charge in [-0.1, -0.05) is 44.9 Å². The Kier molecular flexibility index (Phi) is 6.68. The van der Waals surface area contributed by atoms with Crippen molar-refractivity contribution in [1.29, 1.82) is 0 Å². The Bertz CT molecular complexity index is 993. The summed E-state index contributed by atoms with van der Waals surface area (Å²) < 4.78 is 13.9. The highest BCUT2D eigenvalue weighted by Gasteiger charge is 2.34. The lowest BCUT2D eigenvalue weighted by atomic mass is 9.69. The minimum atomic E-state index is -0.544. The predicted molar refractivity (Wildman–Crippen MR) is 121 cm³/mol. The normalized spacial score (nSPS) is 16.5. The van der Waals surface area contributed by atoms with E-state index in [0.29, 0.717) is 16.5 Å². The maximum atomic E-state index is 13.9. The maximum Gasteiger partial charge on any atom is 0.251 e. The maximum absolute atomic E-state index is 13.9. The van der Waals surface area contributed by atoms with Crippen molar-refractivity contribution < 1.29 is 14.0 Å². The number of benzene rings is 1. The third-order valence-electron chi connectivity index (χ3n) is 6.17. The fourth-order valence-electron chi connectivity index (χ4n) is 3.87. The summed E-state index contributed by atoms with van der Waals surface area (Å²) in [5.74, 6) is -1.01. The van der Waals surface area contributed by atoms with Gasteiger partial charge in [0.05, 0.1) is 10.6 Å². The number of amides is 2. The third-order valence-corrected chi connectivity index (χ3v) is 7.67. The van der Waals surface area contributed by atoms with Crippen LogP contribution in [0.4, 0.5) is 9.39 Å². The number of halogens is 2. The van der Waals surface area contributed by atoms with Crippen LogP contribution in [0.2, 0.25) is 5.02 Å². The average Bonchev–Trinajstić information content (AvgIpc) is 3.04. The van der Waals surface area contributed by atoms with Crippen molar-refractivity contribution in [3.8, 4) is 0 Å². The summed E-state index contributed by atoms with van der Waals surface area (Å²) in [7, 11) is 0. The monoisotopic (exact) mass is 448 g/mol. The number of hydrogen-bond donors (Lipinski definition) is 2. The van der Waals surface area contributed by atoms with E-state index in [1.165, 1.54) is 35.6 Å². The Morgan fingerprint density at radius 1 is 1.40 bits per heavy atom. The molecule has 1 aromatic heterocycles. The molecule has 1 heterocycles. The van der Waals surface area contributed by atoms with Crippen LogP contribution in [0.1, 0.15) is 60.0 Å². The van der Waals surface area contributed by atoms with Gasteiger partial charge in [-0.3, -0.25) is 9.59 Å². The van der Waals surface area contributed by atoms with E-state index in [4.69, 9.17) is 17.3 Å². The van der Waals surface area contributed by atoms with E-state index in [1.807, 2.05) is 0 Å². The highest BCUT2D eigenvalue weighted by atomic mass is 35.5. The number of rotatable bonds is 6. The van der Waals surface area contributed by atoms with Crippen LogP contribution in [-0.2, 0) is 17.6 Å². The Morgan fingerprint density at radius 3 is 2.77 bits per heavy atom. The molecule has 1 aliphatic carbocycles. The molecule has 0 aliphatic heterocycles. The molecule has 0 fully saturated rings. The van der Waals surface area contributed by atoms with E-state index in [9.17, 15) is 14.0 Å². The molecule has 2 aromatic rings. The Labute approximate surface area is 185 Å². The summed E-state index contributed by atoms with van der Waals surface area (Å²) in [6.45, 7) is 6.73. The SMILES string of the molecule is CCC(C)(C)C1CCc2c(sc(NC(=O)/C=C/c3c(F)cccc3Cl)c2C(N)=O)C1. The van der Waals surface area contributed by atoms with Crippen molar-refractivity contribution in [2.75, 3.05) is 5.32 Å². The van der Waals surface area contributed by atoms with Gasteiger partial charge in [0.25, 0.3) is 5.91 Å². The Balaban J connectivity index is 1.84. The van der Waals surface area contributed by atoms with Gasteiger partial charge in [0.1, 0.15) is 10.8 Å². The topological polar surface area (TPSA) is 72.2 Å². The summed E-state index contributed by atoms with van der Waals surface area (Å²) in [4.78, 5) is 25.7. The molecule has 1 unspecified atom stereocenters. The number of nitrogens with one attached hydrogen (secondary N) is 1. The second kappa shape index (κ2) is 8.90. The van der Waals surface area contributed by atoms with Gasteiger partial charge in [0.15, 0.2) is 0 Å². The van der Waals surface area contributed by atoms with Crippen molar-refractivity contribution in [3.05, 3.63) is 56.7 Å². The van der Waals surface area contributed by atoms with Gasteiger partial charge in [-0.15, -0.1) is 11.3 Å². The predicted octanol–water partition coefficient (Wildman–Crippen LogP) is 5.83. The van der Waals surface area contributed by atoms with Crippen molar-refractivity contribution in [2.45, 2.75) is 46.5 Å². The molecule has 1 atom stereocenters. The van der Waals surface area contributed by atoms with E-state index < -0.39 is 17.6 Å². The van der Waals surface area contributed by atoms with Crippen LogP contribution in [0, 0.1) is 17.2 Å². The minimum absolute atomic E-state index is 0.138. The Hall–Kier alpha value is -2.18. The van der Waals surface area contributed by atoms with Gasteiger partial charge in [-0.05, 0) is 54.4 Å². The summed E-state index contributed by atoms with van der Waals surface area (Å²) >= 11 is 7.40. The molecule has 0 spiro atoms. The van der Waals surface area contributed by atoms with Crippen LogP contribution in [0.5, 0.6) is 0 Å². The van der Waals surface area contributed by atoms with Crippen LogP contribution >= 0.6 is 22.9 Å². The summed E-state index contributed by atoms with van der Waals surface area (Å²) in [5, 5.41) is 3.42. The number of thiophene rings is 1. The quantitative estimate of drug-likeness (QED) is 0.545. The zero-order valence-corrected chi connectivity index (χ0v) is 18.9. The molecular formula is C23H26ClFN2O2S. The molecular weight excluding hydrogens is 423 g/mol. The second-order valence-corrected chi connectivity index (χ2v) is 9.82. The first-order valence-corrected chi connectivity index (χ1v) is 11.2. The Morgan fingerprint density at radius 2 is 2.13 bits per heavy atom. The molecule has 3 rings (SSSR count). The lowest BCUT2D eigenvalue weighted by Gasteiger charge is -2.36. The first kappa shape index (κ1) is 22.5. The summed E-state index contributed by atoms with van der Waals surface area (Å²) in [5.41, 5.74) is 7.34. The van der Waals surface area contributed by atoms with Gasteiger partial charge in [-0.25, -0.2) is 4.39 Å². The van der Waals surface area contributed by atoms with E-state index in [-0.39, 0.29) is 16.0 Å². The summed E-state index contributed by atoms with van der Waals surface area (Å²) in [6.07, 6.45) is 6.24. The van der Waals surface area contributed by atoms with Crippen molar-refractivity contribution >= 4 is 45.8 Å². The molecule has 160 valence electrons. The molecule has 1 aromatic carbocycles. The van der Waals surface area contributed by atoms with Crippen LogP contribution in [-0.4, -0.2) is 11.8 Å². The van der Waals surface area contributed by atoms with E-state index >= 15 is 0 Å². The molecule has 0 bridgehead atoms. The third kappa shape index (κ3) is 4.60. The number of carbonyl (C=O) groups excluding carboxylic acids is 2. The van der Waals surface area contributed by atoms with Crippen LogP contribution in [0.15, 0.2) is 24.3 Å². The molecule has 0 radical (unpaired) electrons. The highest BCUT2D eigenvalue weighted by Crippen LogP contribution is 2.45. The van der Waals surface area contributed by atoms with Gasteiger partial charge in [0.2, 0.25) is 5.91 Å². The zero-order valence-electron chi connectivity index (χ0n) is 17.4. The minimum Gasteiger partial charge on any atom is -0.365 e. The average molecular weight is 449 g/mol. The molecule has 0 saturated heterocycles. The van der Waals surface area contributed by atoms with E-state index in [0.717, 1.165) is 36.1 Å². The fraction of sp³-hybridized carbons (Fsp3) is 0.391. The standard InChI is InChI=1S/C23H26ClFN2O2S/c1-4-23(2,3)13-8-9-15-18(12-13)30-22(20(15)21(26)29)27-19(28)11-10-14-16(24)6-5-7-17(14)25/h5-7,10-11,13H,4,8-9,12H2,1-3H3,(H2,26,29)(H,27,28)/b11-10+. The molecule has 3 N–H and O–H groups in total. The van der Waals surface area contributed by atoms with Gasteiger partial charge in [0, 0.05) is 16.5 Å². The molecule has 2 amide bonds. The number of anilines is 1. The van der Waals surface area contributed by atoms with Crippen molar-refractivity contribution in [2.24, 2.45) is 17.1 Å². The number of fused-ring (bicyclic) bond motifs is 1. The number of hydrogen-bond acceptors (Lipinski definition) is 3. The van der Waals surface area contributed by atoms with E-state index in [2.05, 4.69) is 26.1 Å². The largest absolute Gasteiger partial charge is 0.365 e. The fourth-order valence-corrected chi connectivity index (χ4v) is 5.43. The second-order valence-electron chi connectivity index (χ2n) is 8.31. The van der Waals surface area contributed by atoms with Gasteiger partial charge in [-0.2, -0.15) is 0 Å². The molecule has 4 nitrogen and oxygen atoms in total. The first-order valence-electron chi connectivity index (χ1n) is 10.0. The lowest BCUT2D eigenvalue weighted by Crippen LogP contribution is -2.29. The molecule has 0 saturated carbocycles. The molecule has 7 heteroatoms. The smallest absolute Gasteiger partial charge is 0.251 e. The number of carbonyl (C=O) groups is 2. The van der Waals surface area contributed by atoms with Gasteiger partial charge >= 0.3 is 0 Å². The number of nitrogens with two attached hydrogens (primary N) is 1. The van der Waals surface area contributed by atoms with Crippen LogP contribution < -0.4 is 11.1 Å². The van der Waals surface area contributed by atoms with Crippen LogP contribution in [0.3, 0.4) is 0 Å². The number of primary amides is 1. The van der Waals surface area contributed by atoms with Crippen molar-refractivity contribution in [3.63, 3.8) is 0 Å². The van der Waals surface area contributed by atoms with Crippen LogP contribution in [0.25, 0.3) is 6.08 Å². The zero-order chi connectivity index (χ0) is 22.1. The first-order chi connectivity index (χ1) is 14.1. The molecule has 1 aliphatic rings.